The predicted molar refractivity (Wildman–Crippen MR) is 86.2 cm³/mol. The summed E-state index contributed by atoms with van der Waals surface area (Å²) in [6.45, 7) is 0.486. The van der Waals surface area contributed by atoms with E-state index in [1.807, 2.05) is 11.6 Å². The van der Waals surface area contributed by atoms with Crippen LogP contribution < -0.4 is 10.6 Å². The Balaban J connectivity index is 1.30. The van der Waals surface area contributed by atoms with Gasteiger partial charge in [0.05, 0.1) is 5.69 Å². The van der Waals surface area contributed by atoms with Crippen LogP contribution in [0.3, 0.4) is 0 Å². The summed E-state index contributed by atoms with van der Waals surface area (Å²) in [5, 5.41) is 8.38. The lowest BCUT2D eigenvalue weighted by Gasteiger charge is -2.06. The number of carbonyl (C=O) groups is 1. The summed E-state index contributed by atoms with van der Waals surface area (Å²) in [7, 11) is 0. The van der Waals surface area contributed by atoms with E-state index < -0.39 is 0 Å². The van der Waals surface area contributed by atoms with E-state index in [9.17, 15) is 4.79 Å². The third-order valence-electron chi connectivity index (χ3n) is 4.06. The van der Waals surface area contributed by atoms with Gasteiger partial charge in [-0.1, -0.05) is 6.07 Å². The summed E-state index contributed by atoms with van der Waals surface area (Å²) in [5.41, 5.74) is 3.44. The molecule has 0 bridgehead atoms. The SMILES string of the molecule is O=C(NCc1cncc(C2CC2)c1)Nc1nc(C2CC2)cs1. The van der Waals surface area contributed by atoms with Gasteiger partial charge < -0.3 is 5.32 Å². The minimum Gasteiger partial charge on any atom is -0.334 e. The number of hydrogen-bond acceptors (Lipinski definition) is 4. The molecule has 0 spiro atoms. The Labute approximate surface area is 133 Å². The molecule has 0 saturated heterocycles. The standard InChI is InChI=1S/C16H18N4OS/c21-15(20-16-19-14(9-22-16)12-3-4-12)18-7-10-5-13(8-17-6-10)11-1-2-11/h5-6,8-9,11-12H,1-4,7H2,(H2,18,19,20,21). The molecule has 2 aromatic rings. The van der Waals surface area contributed by atoms with Crippen molar-refractivity contribution in [2.45, 2.75) is 44.1 Å². The highest BCUT2D eigenvalue weighted by Gasteiger charge is 2.26. The summed E-state index contributed by atoms with van der Waals surface area (Å²) in [5.74, 6) is 1.29. The van der Waals surface area contributed by atoms with E-state index >= 15 is 0 Å². The fourth-order valence-corrected chi connectivity index (χ4v) is 3.27. The topological polar surface area (TPSA) is 66.9 Å². The quantitative estimate of drug-likeness (QED) is 0.886. The molecular formula is C16H18N4OS. The highest BCUT2D eigenvalue weighted by molar-refractivity contribution is 7.13. The molecule has 2 heterocycles. The summed E-state index contributed by atoms with van der Waals surface area (Å²) in [6, 6.07) is 1.92. The number of thiazole rings is 1. The maximum Gasteiger partial charge on any atom is 0.321 e. The molecule has 0 atom stereocenters. The van der Waals surface area contributed by atoms with Crippen molar-refractivity contribution in [1.82, 2.24) is 15.3 Å². The number of urea groups is 1. The first kappa shape index (κ1) is 13.7. The Morgan fingerprint density at radius 2 is 2.05 bits per heavy atom. The second-order valence-electron chi connectivity index (χ2n) is 6.06. The number of amides is 2. The molecule has 2 fully saturated rings. The van der Waals surface area contributed by atoms with Crippen LogP contribution in [0.15, 0.2) is 23.8 Å². The van der Waals surface area contributed by atoms with E-state index in [2.05, 4.69) is 26.7 Å². The van der Waals surface area contributed by atoms with Crippen LogP contribution in [0, 0.1) is 0 Å². The zero-order valence-corrected chi connectivity index (χ0v) is 13.0. The van der Waals surface area contributed by atoms with Crippen LogP contribution in [-0.4, -0.2) is 16.0 Å². The van der Waals surface area contributed by atoms with Gasteiger partial charge in [0.1, 0.15) is 0 Å². The lowest BCUT2D eigenvalue weighted by atomic mass is 10.1. The van der Waals surface area contributed by atoms with Gasteiger partial charge in [0.25, 0.3) is 0 Å². The van der Waals surface area contributed by atoms with Gasteiger partial charge in [0.15, 0.2) is 5.13 Å². The van der Waals surface area contributed by atoms with E-state index in [1.165, 1.54) is 42.6 Å². The summed E-state index contributed by atoms with van der Waals surface area (Å²) in [6.07, 6.45) is 8.69. The van der Waals surface area contributed by atoms with E-state index in [1.54, 1.807) is 6.20 Å². The number of aromatic nitrogens is 2. The Morgan fingerprint density at radius 1 is 1.23 bits per heavy atom. The number of nitrogens with zero attached hydrogens (tertiary/aromatic N) is 2. The lowest BCUT2D eigenvalue weighted by Crippen LogP contribution is -2.28. The van der Waals surface area contributed by atoms with E-state index in [0.29, 0.717) is 23.5 Å². The number of nitrogens with one attached hydrogen (secondary N) is 2. The Hall–Kier alpha value is -1.95. The van der Waals surface area contributed by atoms with Gasteiger partial charge in [-0.15, -0.1) is 11.3 Å². The van der Waals surface area contributed by atoms with Crippen LogP contribution in [0.25, 0.3) is 0 Å². The molecule has 5 nitrogen and oxygen atoms in total. The van der Waals surface area contributed by atoms with Crippen molar-refractivity contribution in [3.63, 3.8) is 0 Å². The number of pyridine rings is 1. The normalized spacial score (nSPS) is 17.3. The van der Waals surface area contributed by atoms with Crippen LogP contribution in [0.4, 0.5) is 9.93 Å². The Morgan fingerprint density at radius 3 is 2.82 bits per heavy atom. The number of rotatable bonds is 5. The minimum atomic E-state index is -0.214. The summed E-state index contributed by atoms with van der Waals surface area (Å²) >= 11 is 1.49. The molecule has 0 unspecified atom stereocenters. The Bertz CT molecular complexity index is 691. The minimum absolute atomic E-state index is 0.214. The molecule has 2 aliphatic rings. The molecule has 0 radical (unpaired) electrons. The van der Waals surface area contributed by atoms with Gasteiger partial charge >= 0.3 is 6.03 Å². The molecule has 6 heteroatoms. The molecule has 2 saturated carbocycles. The third kappa shape index (κ3) is 3.27. The van der Waals surface area contributed by atoms with Gasteiger partial charge in [0.2, 0.25) is 0 Å². The van der Waals surface area contributed by atoms with Crippen molar-refractivity contribution in [3.8, 4) is 0 Å². The van der Waals surface area contributed by atoms with Crippen LogP contribution in [-0.2, 0) is 6.54 Å². The average molecular weight is 314 g/mol. The van der Waals surface area contributed by atoms with Crippen molar-refractivity contribution in [2.24, 2.45) is 0 Å². The molecule has 2 N–H and O–H groups in total. The number of hydrogen-bond donors (Lipinski definition) is 2. The van der Waals surface area contributed by atoms with Crippen molar-refractivity contribution in [2.75, 3.05) is 5.32 Å². The largest absolute Gasteiger partial charge is 0.334 e. The fourth-order valence-electron chi connectivity index (χ4n) is 2.48. The van der Waals surface area contributed by atoms with Gasteiger partial charge in [-0.3, -0.25) is 10.3 Å². The maximum atomic E-state index is 11.9. The maximum absolute atomic E-state index is 11.9. The molecule has 2 amide bonds. The average Bonchev–Trinajstić information content (AvgIpc) is 3.44. The zero-order chi connectivity index (χ0) is 14.9. The first-order valence-corrected chi connectivity index (χ1v) is 8.60. The van der Waals surface area contributed by atoms with Gasteiger partial charge in [0, 0.05) is 30.2 Å². The summed E-state index contributed by atoms with van der Waals surface area (Å²) < 4.78 is 0. The molecule has 4 rings (SSSR count). The van der Waals surface area contributed by atoms with E-state index in [-0.39, 0.29) is 6.03 Å². The fraction of sp³-hybridized carbons (Fsp3) is 0.438. The van der Waals surface area contributed by atoms with Crippen molar-refractivity contribution in [1.29, 1.82) is 0 Å². The molecule has 2 aromatic heterocycles. The predicted octanol–water partition coefficient (Wildman–Crippen LogP) is 3.61. The first-order chi connectivity index (χ1) is 10.8. The second kappa shape index (κ2) is 5.68. The van der Waals surface area contributed by atoms with Gasteiger partial charge in [-0.2, -0.15) is 0 Å². The van der Waals surface area contributed by atoms with Gasteiger partial charge in [-0.05, 0) is 42.7 Å². The van der Waals surface area contributed by atoms with Crippen LogP contribution >= 0.6 is 11.3 Å². The molecule has 22 heavy (non-hydrogen) atoms. The molecule has 0 aromatic carbocycles. The second-order valence-corrected chi connectivity index (χ2v) is 6.92. The molecule has 114 valence electrons. The highest BCUT2D eigenvalue weighted by Crippen LogP contribution is 2.41. The monoisotopic (exact) mass is 314 g/mol. The number of carbonyl (C=O) groups excluding carboxylic acids is 1. The molecule has 0 aliphatic heterocycles. The van der Waals surface area contributed by atoms with E-state index in [4.69, 9.17) is 0 Å². The highest BCUT2D eigenvalue weighted by atomic mass is 32.1. The van der Waals surface area contributed by atoms with Crippen LogP contribution in [0.1, 0.15) is 54.3 Å². The number of anilines is 1. The first-order valence-electron chi connectivity index (χ1n) is 7.72. The Kier molecular flexibility index (Phi) is 3.54. The van der Waals surface area contributed by atoms with Crippen molar-refractivity contribution >= 4 is 22.5 Å². The third-order valence-corrected chi connectivity index (χ3v) is 4.83. The van der Waals surface area contributed by atoms with Crippen LogP contribution in [0.5, 0.6) is 0 Å². The zero-order valence-electron chi connectivity index (χ0n) is 12.2. The van der Waals surface area contributed by atoms with Gasteiger partial charge in [-0.25, -0.2) is 9.78 Å². The van der Waals surface area contributed by atoms with E-state index in [0.717, 1.165) is 11.3 Å². The smallest absolute Gasteiger partial charge is 0.321 e. The molecular weight excluding hydrogens is 296 g/mol. The summed E-state index contributed by atoms with van der Waals surface area (Å²) in [4.78, 5) is 20.6. The lowest BCUT2D eigenvalue weighted by molar-refractivity contribution is 0.251. The van der Waals surface area contributed by atoms with Crippen molar-refractivity contribution in [3.05, 3.63) is 40.7 Å². The molecule has 2 aliphatic carbocycles. The van der Waals surface area contributed by atoms with Crippen molar-refractivity contribution < 1.29 is 4.79 Å². The van der Waals surface area contributed by atoms with Crippen LogP contribution in [0.2, 0.25) is 0 Å².